The van der Waals surface area contributed by atoms with E-state index in [-0.39, 0.29) is 19.4 Å². The van der Waals surface area contributed by atoms with E-state index in [1.807, 2.05) is 97.1 Å². The van der Waals surface area contributed by atoms with Crippen molar-refractivity contribution in [3.63, 3.8) is 0 Å². The molecule has 1 saturated heterocycles. The van der Waals surface area contributed by atoms with Crippen LogP contribution >= 0.6 is 11.3 Å². The number of amides is 4. The van der Waals surface area contributed by atoms with E-state index >= 15 is 9.59 Å². The fraction of sp³-hybridized carbons (Fsp3) is 0.320. The minimum Gasteiger partial charge on any atom is -0.340 e. The van der Waals surface area contributed by atoms with E-state index in [1.54, 1.807) is 23.7 Å². The molecule has 13 nitrogen and oxygen atoms in total. The molecule has 2 aliphatic heterocycles. The normalized spacial score (nSPS) is 24.3. The van der Waals surface area contributed by atoms with Gasteiger partial charge in [0, 0.05) is 24.4 Å². The van der Waals surface area contributed by atoms with Crippen molar-refractivity contribution in [2.45, 2.75) is 86.7 Å². The lowest BCUT2D eigenvalue weighted by molar-refractivity contribution is -0.141. The summed E-state index contributed by atoms with van der Waals surface area (Å²) in [5, 5.41) is 15.6. The summed E-state index contributed by atoms with van der Waals surface area (Å²) in [6.07, 6.45) is 9.68. The maximum absolute atomic E-state index is 15.4. The van der Waals surface area contributed by atoms with Crippen molar-refractivity contribution < 1.29 is 27.6 Å². The molecule has 0 bridgehead atoms. The number of hydrogen-bond donors (Lipinski definition) is 3. The molecule has 2 unspecified atom stereocenters. The molecule has 3 fully saturated rings. The van der Waals surface area contributed by atoms with Crippen molar-refractivity contribution in [2.75, 3.05) is 6.54 Å². The molecule has 15 heteroatoms. The Balaban J connectivity index is 1.07. The van der Waals surface area contributed by atoms with Crippen molar-refractivity contribution in [1.29, 1.82) is 0 Å². The monoisotopic (exact) mass is 908 g/mol. The zero-order chi connectivity index (χ0) is 44.9. The van der Waals surface area contributed by atoms with Gasteiger partial charge in [-0.2, -0.15) is 5.10 Å². The summed E-state index contributed by atoms with van der Waals surface area (Å²) in [7, 11) is -3.95. The predicted octanol–water partition coefficient (Wildman–Crippen LogP) is 6.89. The van der Waals surface area contributed by atoms with E-state index < -0.39 is 74.0 Å². The molecule has 2 aliphatic carbocycles. The Bertz CT molecular complexity index is 3060. The lowest BCUT2D eigenvalue weighted by atomic mass is 9.91. The highest BCUT2D eigenvalue weighted by molar-refractivity contribution is 7.91. The van der Waals surface area contributed by atoms with Crippen LogP contribution in [0.1, 0.15) is 73.5 Å². The average molecular weight is 909 g/mol. The summed E-state index contributed by atoms with van der Waals surface area (Å²) in [6.45, 7) is -0.101. The number of fused-ring (bicyclic) bond motifs is 4. The molecule has 0 spiro atoms. The first-order valence-corrected chi connectivity index (χ1v) is 24.7. The molecule has 3 N–H and O–H groups in total. The fourth-order valence-corrected chi connectivity index (χ4v) is 11.7. The summed E-state index contributed by atoms with van der Waals surface area (Å²) in [4.78, 5) is 74.7. The third kappa shape index (κ3) is 8.16. The first-order chi connectivity index (χ1) is 31.5. The zero-order valence-electron chi connectivity index (χ0n) is 35.5. The quantitative estimate of drug-likeness (QED) is 0.138. The summed E-state index contributed by atoms with van der Waals surface area (Å²) in [5.41, 5.74) is 0.581. The van der Waals surface area contributed by atoms with E-state index in [0.29, 0.717) is 53.7 Å². The van der Waals surface area contributed by atoms with Gasteiger partial charge in [-0.15, -0.1) is 11.3 Å². The van der Waals surface area contributed by atoms with Crippen molar-refractivity contribution in [1.82, 2.24) is 30.0 Å². The van der Waals surface area contributed by atoms with E-state index in [9.17, 15) is 22.8 Å². The second-order valence-electron chi connectivity index (χ2n) is 17.6. The van der Waals surface area contributed by atoms with E-state index in [0.717, 1.165) is 39.9 Å². The number of carbonyl (C=O) groups is 4. The maximum Gasteiger partial charge on any atom is 0.275 e. The zero-order valence-corrected chi connectivity index (χ0v) is 37.2. The summed E-state index contributed by atoms with van der Waals surface area (Å²) in [6, 6.07) is 28.0. The van der Waals surface area contributed by atoms with Crippen LogP contribution in [0.25, 0.3) is 43.8 Å². The number of benzene rings is 4. The predicted molar refractivity (Wildman–Crippen MR) is 250 cm³/mol. The van der Waals surface area contributed by atoms with Crippen LogP contribution in [0.15, 0.2) is 126 Å². The number of hydrogen-bond acceptors (Lipinski definition) is 9. The van der Waals surface area contributed by atoms with Crippen molar-refractivity contribution in [2.24, 2.45) is 5.92 Å². The molecule has 6 aromatic rings. The highest BCUT2D eigenvalue weighted by Crippen LogP contribution is 2.46. The van der Waals surface area contributed by atoms with Gasteiger partial charge < -0.3 is 15.5 Å². The Morgan fingerprint density at radius 2 is 1.51 bits per heavy atom. The Labute approximate surface area is 380 Å². The van der Waals surface area contributed by atoms with Crippen LogP contribution in [0.3, 0.4) is 0 Å². The van der Waals surface area contributed by atoms with Crippen LogP contribution in [0.5, 0.6) is 0 Å². The Kier molecular flexibility index (Phi) is 11.2. The van der Waals surface area contributed by atoms with Gasteiger partial charge in [-0.1, -0.05) is 116 Å². The highest BCUT2D eigenvalue weighted by Gasteiger charge is 2.62. The van der Waals surface area contributed by atoms with E-state index in [4.69, 9.17) is 5.10 Å². The second kappa shape index (κ2) is 17.2. The number of nitrogens with one attached hydrogen (secondary N) is 3. The van der Waals surface area contributed by atoms with E-state index in [2.05, 4.69) is 15.4 Å². The first kappa shape index (κ1) is 42.5. The van der Waals surface area contributed by atoms with Gasteiger partial charge in [0.2, 0.25) is 21.8 Å². The molecular formula is C50H48N6O7S2. The van der Waals surface area contributed by atoms with Crippen LogP contribution in [-0.2, 0) is 24.4 Å². The third-order valence-electron chi connectivity index (χ3n) is 13.4. The van der Waals surface area contributed by atoms with Crippen molar-refractivity contribution in [3.8, 4) is 22.3 Å². The summed E-state index contributed by atoms with van der Waals surface area (Å²) in [5.74, 6) is -2.86. The van der Waals surface area contributed by atoms with Crippen LogP contribution in [-0.4, -0.2) is 76.1 Å². The minimum absolute atomic E-state index is 0.0444. The molecule has 4 heterocycles. The number of sulfonamides is 1. The van der Waals surface area contributed by atoms with Crippen molar-refractivity contribution >= 4 is 66.5 Å². The third-order valence-corrected chi connectivity index (χ3v) is 16.1. The van der Waals surface area contributed by atoms with Crippen LogP contribution in [0.4, 0.5) is 0 Å². The molecule has 65 heavy (non-hydrogen) atoms. The Morgan fingerprint density at radius 3 is 2.23 bits per heavy atom. The average Bonchev–Trinajstić information content (AvgIpc) is 4.17. The van der Waals surface area contributed by atoms with Crippen LogP contribution in [0, 0.1) is 5.92 Å². The SMILES string of the molecule is O=C(N[C@H]1CCCCC/C=C\[C@@H]2CC2(C(=O)NS(=O)(=O)C2CC2)NC(=O)[C@@H]2CC(n3ncc(-c4cccc5ccccc45)c(-c4cccc5ccccc45)c3=O)CN2C1=O)c1cccs1. The van der Waals surface area contributed by atoms with Gasteiger partial charge in [0.1, 0.15) is 17.6 Å². The lowest BCUT2D eigenvalue weighted by Crippen LogP contribution is -2.58. The molecular weight excluding hydrogens is 861 g/mol. The highest BCUT2D eigenvalue weighted by atomic mass is 32.2. The molecule has 2 saturated carbocycles. The number of thiophene rings is 1. The smallest absolute Gasteiger partial charge is 0.275 e. The van der Waals surface area contributed by atoms with E-state index in [1.165, 1.54) is 20.9 Å². The van der Waals surface area contributed by atoms with Gasteiger partial charge >= 0.3 is 0 Å². The molecule has 0 radical (unpaired) electrons. The molecule has 10 rings (SSSR count). The van der Waals surface area contributed by atoms with Crippen molar-refractivity contribution in [3.05, 3.63) is 136 Å². The van der Waals surface area contributed by atoms with Gasteiger partial charge in [0.05, 0.1) is 27.9 Å². The molecule has 332 valence electrons. The van der Waals surface area contributed by atoms with Crippen LogP contribution < -0.4 is 20.9 Å². The molecule has 2 aromatic heterocycles. The Morgan fingerprint density at radius 1 is 0.800 bits per heavy atom. The number of carbonyl (C=O) groups excluding carboxylic acids is 4. The molecule has 5 atom stereocenters. The van der Waals surface area contributed by atoms with Crippen LogP contribution in [0.2, 0.25) is 0 Å². The first-order valence-electron chi connectivity index (χ1n) is 22.3. The van der Waals surface area contributed by atoms with Gasteiger partial charge in [-0.3, -0.25) is 28.7 Å². The fourth-order valence-electron chi connectivity index (χ4n) is 9.69. The van der Waals surface area contributed by atoms with Gasteiger partial charge in [-0.05, 0) is 82.6 Å². The number of rotatable bonds is 8. The van der Waals surface area contributed by atoms with Gasteiger partial charge in [0.25, 0.3) is 17.4 Å². The summed E-state index contributed by atoms with van der Waals surface area (Å²) >= 11 is 1.25. The topological polar surface area (TPSA) is 177 Å². The largest absolute Gasteiger partial charge is 0.340 e. The maximum atomic E-state index is 15.4. The Hall–Kier alpha value is -6.45. The molecule has 4 aliphatic rings. The molecule has 4 aromatic carbocycles. The number of aromatic nitrogens is 2. The number of allylic oxidation sites excluding steroid dienone is 1. The van der Waals surface area contributed by atoms with Gasteiger partial charge in [-0.25, -0.2) is 13.1 Å². The lowest BCUT2D eigenvalue weighted by Gasteiger charge is -2.30. The summed E-state index contributed by atoms with van der Waals surface area (Å²) < 4.78 is 29.7. The minimum atomic E-state index is -3.95. The van der Waals surface area contributed by atoms with Gasteiger partial charge in [0.15, 0.2) is 0 Å². The number of nitrogens with zero attached hydrogens (tertiary/aromatic N) is 3. The standard InChI is InChI=1S/C50H48N6O7S2/c57-45-42-27-34(56-48(60)44(39-21-11-16-32-14-7-9-19-37(32)39)40(29-51-56)38-20-10-15-31-13-6-8-18-36(31)38)30-55(42)47(59)41(52-46(58)43-23-12-26-64-43)22-5-3-1-2-4-17-33-28-50(33,53-45)49(61)54-65(62,63)35-24-25-35/h4,6-21,23,26,29,33-35,41-42H,1-3,5,22,24-25,27-28,30H2,(H,52,58)(H,53,57)(H,54,61)/b17-4-/t33-,34?,41+,42+,50?/m1/s1. The second-order valence-corrected chi connectivity index (χ2v) is 20.6. The molecule has 4 amide bonds.